The smallest absolute Gasteiger partial charge is 0.272 e. The summed E-state index contributed by atoms with van der Waals surface area (Å²) in [4.78, 5) is 27.7. The van der Waals surface area contributed by atoms with Gasteiger partial charge >= 0.3 is 0 Å². The topological polar surface area (TPSA) is 63.5 Å². The molecule has 1 fully saturated rings. The Labute approximate surface area is 228 Å². The SMILES string of the molecule is CCCCN(CCCC)C(=O)c1cc2c(cn1)nc(Cc1ccc(OC)cc1)n2CCCN1CCCCC1. The molecule has 0 spiro atoms. The minimum absolute atomic E-state index is 0.0339. The second kappa shape index (κ2) is 14.3. The number of rotatable bonds is 14. The van der Waals surface area contributed by atoms with Crippen LogP contribution in [0.25, 0.3) is 11.0 Å². The molecule has 0 bridgehead atoms. The predicted octanol–water partition coefficient (Wildman–Crippen LogP) is 5.95. The first kappa shape index (κ1) is 28.1. The number of nitrogens with zero attached hydrogens (tertiary/aromatic N) is 5. The number of aromatic nitrogens is 3. The number of aryl methyl sites for hydroxylation is 1. The number of hydrogen-bond acceptors (Lipinski definition) is 5. The molecule has 3 aromatic rings. The monoisotopic (exact) mass is 519 g/mol. The number of ether oxygens (including phenoxy) is 1. The average molecular weight is 520 g/mol. The van der Waals surface area contributed by atoms with Gasteiger partial charge in [0.2, 0.25) is 0 Å². The second-order valence-corrected chi connectivity index (χ2v) is 10.5. The molecule has 1 aliphatic heterocycles. The van der Waals surface area contributed by atoms with E-state index in [-0.39, 0.29) is 5.91 Å². The van der Waals surface area contributed by atoms with Crippen LogP contribution in [0.15, 0.2) is 36.5 Å². The van der Waals surface area contributed by atoms with E-state index in [0.717, 1.165) is 87.3 Å². The highest BCUT2D eigenvalue weighted by molar-refractivity contribution is 5.95. The predicted molar refractivity (Wildman–Crippen MR) is 154 cm³/mol. The molecular formula is C31H45N5O2. The molecule has 2 aromatic heterocycles. The van der Waals surface area contributed by atoms with Gasteiger partial charge < -0.3 is 19.1 Å². The van der Waals surface area contributed by atoms with E-state index in [2.05, 4.69) is 40.4 Å². The lowest BCUT2D eigenvalue weighted by atomic mass is 10.1. The van der Waals surface area contributed by atoms with Crippen molar-refractivity contribution in [3.63, 3.8) is 0 Å². The van der Waals surface area contributed by atoms with Crippen LogP contribution in [0.1, 0.15) is 87.1 Å². The number of methoxy groups -OCH3 is 1. The summed E-state index contributed by atoms with van der Waals surface area (Å²) < 4.78 is 7.66. The fourth-order valence-corrected chi connectivity index (χ4v) is 5.32. The minimum atomic E-state index is 0.0339. The van der Waals surface area contributed by atoms with Gasteiger partial charge in [-0.15, -0.1) is 0 Å². The third kappa shape index (κ3) is 7.34. The number of carbonyl (C=O) groups is 1. The minimum Gasteiger partial charge on any atom is -0.497 e. The Morgan fingerprint density at radius 1 is 0.974 bits per heavy atom. The fraction of sp³-hybridized carbons (Fsp3) is 0.581. The fourth-order valence-electron chi connectivity index (χ4n) is 5.32. The third-order valence-corrected chi connectivity index (χ3v) is 7.61. The van der Waals surface area contributed by atoms with Crippen molar-refractivity contribution in [2.45, 2.75) is 78.2 Å². The molecule has 1 aliphatic rings. The number of amides is 1. The van der Waals surface area contributed by atoms with Crippen LogP contribution in [0.3, 0.4) is 0 Å². The maximum Gasteiger partial charge on any atom is 0.272 e. The summed E-state index contributed by atoms with van der Waals surface area (Å²) in [5.74, 6) is 1.91. The van der Waals surface area contributed by atoms with E-state index in [1.165, 1.54) is 37.9 Å². The van der Waals surface area contributed by atoms with Gasteiger partial charge in [0.1, 0.15) is 22.8 Å². The lowest BCUT2D eigenvalue weighted by molar-refractivity contribution is 0.0745. The Hall–Kier alpha value is -2.93. The van der Waals surface area contributed by atoms with E-state index >= 15 is 0 Å². The second-order valence-electron chi connectivity index (χ2n) is 10.5. The first-order chi connectivity index (χ1) is 18.6. The van der Waals surface area contributed by atoms with Crippen LogP contribution in [0.5, 0.6) is 5.75 Å². The summed E-state index contributed by atoms with van der Waals surface area (Å²) in [6.07, 6.45) is 11.7. The van der Waals surface area contributed by atoms with E-state index in [1.807, 2.05) is 23.1 Å². The first-order valence-corrected chi connectivity index (χ1v) is 14.6. The van der Waals surface area contributed by atoms with Crippen molar-refractivity contribution >= 4 is 16.9 Å². The quantitative estimate of drug-likeness (QED) is 0.263. The number of unbranched alkanes of at least 4 members (excludes halogenated alkanes) is 2. The molecule has 38 heavy (non-hydrogen) atoms. The van der Waals surface area contributed by atoms with E-state index in [4.69, 9.17) is 9.72 Å². The van der Waals surface area contributed by atoms with Crippen LogP contribution in [-0.4, -0.2) is 70.1 Å². The van der Waals surface area contributed by atoms with E-state index < -0.39 is 0 Å². The molecule has 3 heterocycles. The van der Waals surface area contributed by atoms with E-state index in [9.17, 15) is 4.79 Å². The van der Waals surface area contributed by atoms with Crippen molar-refractivity contribution in [2.24, 2.45) is 0 Å². The zero-order chi connectivity index (χ0) is 26.7. The third-order valence-electron chi connectivity index (χ3n) is 7.61. The number of carbonyl (C=O) groups excluding carboxylic acids is 1. The van der Waals surface area contributed by atoms with Gasteiger partial charge in [0.05, 0.1) is 18.8 Å². The molecule has 7 heteroatoms. The Morgan fingerprint density at radius 2 is 1.68 bits per heavy atom. The van der Waals surface area contributed by atoms with Gasteiger partial charge in [0.25, 0.3) is 5.91 Å². The molecular weight excluding hydrogens is 474 g/mol. The number of imidazole rings is 1. The maximum atomic E-state index is 13.5. The zero-order valence-corrected chi connectivity index (χ0v) is 23.6. The summed E-state index contributed by atoms with van der Waals surface area (Å²) in [6, 6.07) is 10.2. The van der Waals surface area contributed by atoms with Gasteiger partial charge in [-0.2, -0.15) is 0 Å². The molecule has 1 amide bonds. The molecule has 0 unspecified atom stereocenters. The molecule has 206 valence electrons. The Balaban J connectivity index is 1.60. The van der Waals surface area contributed by atoms with Gasteiger partial charge in [0, 0.05) is 26.1 Å². The van der Waals surface area contributed by atoms with Crippen molar-refractivity contribution in [2.75, 3.05) is 39.8 Å². The van der Waals surface area contributed by atoms with Crippen LogP contribution in [0.2, 0.25) is 0 Å². The molecule has 0 atom stereocenters. The molecule has 4 rings (SSSR count). The molecule has 0 aliphatic carbocycles. The number of hydrogen-bond donors (Lipinski definition) is 0. The number of likely N-dealkylation sites (tertiary alicyclic amines) is 1. The maximum absolute atomic E-state index is 13.5. The molecule has 7 nitrogen and oxygen atoms in total. The van der Waals surface area contributed by atoms with Gasteiger partial charge in [-0.05, 0) is 75.5 Å². The standard InChI is InChI=1S/C31H45N5O2/c1-4-6-19-35(20-7-5-2)31(37)27-23-29-28(24-32-27)33-30(22-25-12-14-26(38-3)15-13-25)36(29)21-11-18-34-16-9-8-10-17-34/h12-15,23-24H,4-11,16-22H2,1-3H3. The zero-order valence-electron chi connectivity index (χ0n) is 23.6. The molecule has 0 N–H and O–H groups in total. The largest absolute Gasteiger partial charge is 0.497 e. The van der Waals surface area contributed by atoms with Crippen molar-refractivity contribution in [1.29, 1.82) is 0 Å². The lowest BCUT2D eigenvalue weighted by Crippen LogP contribution is -2.33. The Morgan fingerprint density at radius 3 is 2.34 bits per heavy atom. The molecule has 1 aromatic carbocycles. The highest BCUT2D eigenvalue weighted by atomic mass is 16.5. The van der Waals surface area contributed by atoms with Crippen molar-refractivity contribution in [3.8, 4) is 5.75 Å². The van der Waals surface area contributed by atoms with Gasteiger partial charge in [-0.25, -0.2) is 9.97 Å². The highest BCUT2D eigenvalue weighted by Crippen LogP contribution is 2.22. The summed E-state index contributed by atoms with van der Waals surface area (Å²) in [5.41, 5.74) is 3.58. The Kier molecular flexibility index (Phi) is 10.6. The molecule has 1 saturated heterocycles. The van der Waals surface area contributed by atoms with Crippen LogP contribution in [-0.2, 0) is 13.0 Å². The van der Waals surface area contributed by atoms with E-state index in [1.54, 1.807) is 13.3 Å². The number of fused-ring (bicyclic) bond motifs is 1. The molecule has 0 saturated carbocycles. The van der Waals surface area contributed by atoms with Crippen LogP contribution < -0.4 is 4.74 Å². The summed E-state index contributed by atoms with van der Waals surface area (Å²) in [6.45, 7) is 10.3. The average Bonchev–Trinajstić information content (AvgIpc) is 3.29. The summed E-state index contributed by atoms with van der Waals surface area (Å²) in [5, 5.41) is 0. The normalized spacial score (nSPS) is 14.2. The number of pyridine rings is 1. The van der Waals surface area contributed by atoms with Gasteiger partial charge in [-0.3, -0.25) is 4.79 Å². The van der Waals surface area contributed by atoms with Crippen molar-refractivity contribution < 1.29 is 9.53 Å². The lowest BCUT2D eigenvalue weighted by Gasteiger charge is -2.26. The van der Waals surface area contributed by atoms with Crippen molar-refractivity contribution in [3.05, 3.63) is 53.6 Å². The summed E-state index contributed by atoms with van der Waals surface area (Å²) in [7, 11) is 1.69. The van der Waals surface area contributed by atoms with Crippen molar-refractivity contribution in [1.82, 2.24) is 24.3 Å². The van der Waals surface area contributed by atoms with Crippen LogP contribution in [0.4, 0.5) is 0 Å². The van der Waals surface area contributed by atoms with Gasteiger partial charge in [-0.1, -0.05) is 45.2 Å². The van der Waals surface area contributed by atoms with Crippen LogP contribution in [0, 0.1) is 0 Å². The number of benzene rings is 1. The number of piperidine rings is 1. The summed E-state index contributed by atoms with van der Waals surface area (Å²) >= 11 is 0. The van der Waals surface area contributed by atoms with Gasteiger partial charge in [0.15, 0.2) is 0 Å². The Bertz CT molecular complexity index is 1140. The first-order valence-electron chi connectivity index (χ1n) is 14.6. The highest BCUT2D eigenvalue weighted by Gasteiger charge is 2.20. The van der Waals surface area contributed by atoms with Crippen LogP contribution >= 0.6 is 0 Å². The van der Waals surface area contributed by atoms with E-state index in [0.29, 0.717) is 5.69 Å². The molecule has 0 radical (unpaired) electrons.